The molecule has 4 aromatic rings. The third-order valence-electron chi connectivity index (χ3n) is 3.97. The van der Waals surface area contributed by atoms with Crippen molar-refractivity contribution in [3.05, 3.63) is 69.5 Å². The summed E-state index contributed by atoms with van der Waals surface area (Å²) in [4.78, 5) is 0. The van der Waals surface area contributed by atoms with Gasteiger partial charge in [-0.05, 0) is 28.4 Å². The highest BCUT2D eigenvalue weighted by molar-refractivity contribution is 9.10. The number of aromatic nitrogens is 6. The summed E-state index contributed by atoms with van der Waals surface area (Å²) in [6.07, 6.45) is 4.72. The molecule has 1 N–H and O–H groups in total. The zero-order chi connectivity index (χ0) is 18.6. The Labute approximate surface area is 169 Å². The zero-order valence-corrected chi connectivity index (χ0v) is 17.1. The van der Waals surface area contributed by atoms with Gasteiger partial charge in [0.1, 0.15) is 5.01 Å². The van der Waals surface area contributed by atoms with Gasteiger partial charge >= 0.3 is 0 Å². The molecule has 0 saturated carbocycles. The van der Waals surface area contributed by atoms with Crippen LogP contribution >= 0.6 is 27.3 Å². The van der Waals surface area contributed by atoms with Crippen molar-refractivity contribution >= 4 is 38.2 Å². The van der Waals surface area contributed by atoms with Gasteiger partial charge in [0, 0.05) is 31.4 Å². The van der Waals surface area contributed by atoms with Gasteiger partial charge in [-0.1, -0.05) is 41.7 Å². The van der Waals surface area contributed by atoms with Crippen molar-refractivity contribution in [2.45, 2.75) is 26.4 Å². The third kappa shape index (κ3) is 4.61. The van der Waals surface area contributed by atoms with Crippen LogP contribution in [-0.4, -0.2) is 29.8 Å². The highest BCUT2D eigenvalue weighted by Gasteiger charge is 2.08. The topological polar surface area (TPSA) is 73.5 Å². The number of rotatable bonds is 7. The van der Waals surface area contributed by atoms with Gasteiger partial charge in [0.25, 0.3) is 0 Å². The standard InChI is InChI=1S/C18H18BrN7S/c1-13-15(19)12-26(23-13)10-8-17-21-22-18(27-17)20-16-7-9-25(24-16)11-14-5-3-2-4-6-14/h2-7,9,12H,8,10-11H2,1H3,(H,20,22,24). The smallest absolute Gasteiger partial charge is 0.211 e. The van der Waals surface area contributed by atoms with Crippen molar-refractivity contribution in [1.82, 2.24) is 29.8 Å². The molecule has 0 atom stereocenters. The van der Waals surface area contributed by atoms with Crippen LogP contribution in [0.2, 0.25) is 0 Å². The maximum absolute atomic E-state index is 4.54. The summed E-state index contributed by atoms with van der Waals surface area (Å²) >= 11 is 5.01. The lowest BCUT2D eigenvalue weighted by Gasteiger charge is -2.01. The maximum atomic E-state index is 4.54. The van der Waals surface area contributed by atoms with Gasteiger partial charge in [-0.15, -0.1) is 10.2 Å². The van der Waals surface area contributed by atoms with Gasteiger partial charge in [0.15, 0.2) is 5.82 Å². The normalized spacial score (nSPS) is 11.0. The first-order valence-electron chi connectivity index (χ1n) is 8.52. The number of nitrogens with one attached hydrogen (secondary N) is 1. The number of nitrogens with zero attached hydrogens (tertiary/aromatic N) is 6. The molecule has 0 saturated heterocycles. The van der Waals surface area contributed by atoms with E-state index >= 15 is 0 Å². The van der Waals surface area contributed by atoms with Crippen LogP contribution in [0.25, 0.3) is 0 Å². The maximum Gasteiger partial charge on any atom is 0.211 e. The molecule has 0 bridgehead atoms. The SMILES string of the molecule is Cc1nn(CCc2nnc(Nc3ccn(Cc4ccccc4)n3)s2)cc1Br. The molecule has 0 amide bonds. The van der Waals surface area contributed by atoms with Crippen LogP contribution in [-0.2, 0) is 19.5 Å². The number of hydrogen-bond acceptors (Lipinski definition) is 6. The molecule has 0 spiro atoms. The summed E-state index contributed by atoms with van der Waals surface area (Å²) in [6.45, 7) is 3.49. The minimum Gasteiger partial charge on any atom is -0.313 e. The molecule has 27 heavy (non-hydrogen) atoms. The summed E-state index contributed by atoms with van der Waals surface area (Å²) in [5, 5.41) is 22.4. The number of benzene rings is 1. The average molecular weight is 444 g/mol. The molecule has 138 valence electrons. The second-order valence-electron chi connectivity index (χ2n) is 6.09. The Morgan fingerprint density at radius 3 is 2.70 bits per heavy atom. The molecule has 9 heteroatoms. The van der Waals surface area contributed by atoms with Gasteiger partial charge < -0.3 is 5.32 Å². The molecule has 0 unspecified atom stereocenters. The summed E-state index contributed by atoms with van der Waals surface area (Å²) in [6, 6.07) is 12.2. The summed E-state index contributed by atoms with van der Waals surface area (Å²) in [7, 11) is 0. The molecule has 4 rings (SSSR count). The van der Waals surface area contributed by atoms with Crippen molar-refractivity contribution in [1.29, 1.82) is 0 Å². The molecule has 3 heterocycles. The molecular formula is C18H18BrN7S. The summed E-state index contributed by atoms with van der Waals surface area (Å²) in [5.74, 6) is 0.764. The molecule has 7 nitrogen and oxygen atoms in total. The van der Waals surface area contributed by atoms with Gasteiger partial charge in [-0.2, -0.15) is 10.2 Å². The van der Waals surface area contributed by atoms with Crippen molar-refractivity contribution in [2.24, 2.45) is 0 Å². The molecule has 0 aliphatic heterocycles. The number of aryl methyl sites for hydroxylation is 3. The second-order valence-corrected chi connectivity index (χ2v) is 8.00. The van der Waals surface area contributed by atoms with E-state index in [4.69, 9.17) is 0 Å². The van der Waals surface area contributed by atoms with Crippen LogP contribution in [0.4, 0.5) is 10.9 Å². The summed E-state index contributed by atoms with van der Waals surface area (Å²) in [5.41, 5.74) is 2.20. The highest BCUT2D eigenvalue weighted by Crippen LogP contribution is 2.21. The first-order valence-corrected chi connectivity index (χ1v) is 10.1. The van der Waals surface area contributed by atoms with Crippen LogP contribution in [0.15, 0.2) is 53.3 Å². The van der Waals surface area contributed by atoms with E-state index in [0.717, 1.165) is 45.6 Å². The van der Waals surface area contributed by atoms with Gasteiger partial charge in [0.2, 0.25) is 5.13 Å². The van der Waals surface area contributed by atoms with Crippen molar-refractivity contribution in [3.63, 3.8) is 0 Å². The Kier molecular flexibility index (Phi) is 5.30. The monoisotopic (exact) mass is 443 g/mol. The van der Waals surface area contributed by atoms with Crippen LogP contribution in [0.3, 0.4) is 0 Å². The van der Waals surface area contributed by atoms with E-state index < -0.39 is 0 Å². The van der Waals surface area contributed by atoms with Crippen LogP contribution < -0.4 is 5.32 Å². The fourth-order valence-electron chi connectivity index (χ4n) is 2.62. The quantitative estimate of drug-likeness (QED) is 0.466. The van der Waals surface area contributed by atoms with Crippen molar-refractivity contribution < 1.29 is 0 Å². The molecule has 3 aromatic heterocycles. The molecule has 0 radical (unpaired) electrons. The van der Waals surface area contributed by atoms with E-state index in [1.54, 1.807) is 0 Å². The van der Waals surface area contributed by atoms with Crippen molar-refractivity contribution in [3.8, 4) is 0 Å². The first kappa shape index (κ1) is 17.9. The number of anilines is 2. The minimum absolute atomic E-state index is 0.739. The van der Waals surface area contributed by atoms with E-state index in [2.05, 4.69) is 53.8 Å². The van der Waals surface area contributed by atoms with Gasteiger partial charge in [-0.25, -0.2) is 0 Å². The average Bonchev–Trinajstić information content (AvgIpc) is 3.37. The predicted molar refractivity (Wildman–Crippen MR) is 109 cm³/mol. The predicted octanol–water partition coefficient (Wildman–Crippen LogP) is 4.04. The Bertz CT molecular complexity index is 1000. The lowest BCUT2D eigenvalue weighted by Crippen LogP contribution is -2.01. The highest BCUT2D eigenvalue weighted by atomic mass is 79.9. The first-order chi connectivity index (χ1) is 13.2. The molecule has 0 fully saturated rings. The third-order valence-corrected chi connectivity index (χ3v) is 5.65. The van der Waals surface area contributed by atoms with Crippen molar-refractivity contribution in [2.75, 3.05) is 5.32 Å². The van der Waals surface area contributed by atoms with Crippen LogP contribution in [0, 0.1) is 6.92 Å². The largest absolute Gasteiger partial charge is 0.313 e. The molecule has 0 aliphatic rings. The Balaban J connectivity index is 1.34. The lowest BCUT2D eigenvalue weighted by molar-refractivity contribution is 0.606. The van der Waals surface area contributed by atoms with E-state index in [0.29, 0.717) is 0 Å². The molecular weight excluding hydrogens is 426 g/mol. The van der Waals surface area contributed by atoms with E-state index in [9.17, 15) is 0 Å². The van der Waals surface area contributed by atoms with Gasteiger partial charge in [0.05, 0.1) is 16.7 Å². The zero-order valence-electron chi connectivity index (χ0n) is 14.7. The molecule has 0 aliphatic carbocycles. The van der Waals surface area contributed by atoms with Crippen LogP contribution in [0.5, 0.6) is 0 Å². The van der Waals surface area contributed by atoms with Crippen LogP contribution in [0.1, 0.15) is 16.3 Å². The van der Waals surface area contributed by atoms with E-state index in [1.807, 2.05) is 52.9 Å². The second kappa shape index (κ2) is 8.01. The number of halogens is 1. The number of hydrogen-bond donors (Lipinski definition) is 1. The minimum atomic E-state index is 0.739. The van der Waals surface area contributed by atoms with E-state index in [1.165, 1.54) is 16.9 Å². The fourth-order valence-corrected chi connectivity index (χ4v) is 3.67. The Hall–Kier alpha value is -2.52. The lowest BCUT2D eigenvalue weighted by atomic mass is 10.2. The molecule has 1 aromatic carbocycles. The Morgan fingerprint density at radius 2 is 1.93 bits per heavy atom. The summed E-state index contributed by atoms with van der Waals surface area (Å²) < 4.78 is 4.84. The Morgan fingerprint density at radius 1 is 1.07 bits per heavy atom. The van der Waals surface area contributed by atoms with E-state index in [-0.39, 0.29) is 0 Å². The van der Waals surface area contributed by atoms with Gasteiger partial charge in [-0.3, -0.25) is 9.36 Å². The fraction of sp³-hybridized carbons (Fsp3) is 0.222.